The van der Waals surface area contributed by atoms with Crippen LogP contribution in [0, 0.1) is 0 Å². The first kappa shape index (κ1) is 13.8. The molecule has 2 N–H and O–H groups in total. The molecule has 0 atom stereocenters. The van der Waals surface area contributed by atoms with Gasteiger partial charge in [0.2, 0.25) is 5.88 Å². The van der Waals surface area contributed by atoms with E-state index in [0.29, 0.717) is 27.2 Å². The summed E-state index contributed by atoms with van der Waals surface area (Å²) in [5.74, 6) is 1.17. The van der Waals surface area contributed by atoms with Crippen LogP contribution in [-0.4, -0.2) is 9.97 Å². The molecule has 0 amide bonds. The van der Waals surface area contributed by atoms with E-state index in [4.69, 9.17) is 34.3 Å². The summed E-state index contributed by atoms with van der Waals surface area (Å²) in [7, 11) is 0. The minimum absolute atomic E-state index is 0.311. The second kappa shape index (κ2) is 5.68. The van der Waals surface area contributed by atoms with E-state index in [-0.39, 0.29) is 0 Å². The monoisotopic (exact) mass is 314 g/mol. The van der Waals surface area contributed by atoms with Gasteiger partial charge in [-0.2, -0.15) is 0 Å². The van der Waals surface area contributed by atoms with E-state index < -0.39 is 0 Å². The van der Waals surface area contributed by atoms with Gasteiger partial charge < -0.3 is 10.5 Å². The Bertz CT molecular complexity index is 818. The molecule has 0 spiro atoms. The number of benzene rings is 2. The summed E-state index contributed by atoms with van der Waals surface area (Å²) in [5.41, 5.74) is 6.25. The fraction of sp³-hybridized carbons (Fsp3) is 0. The van der Waals surface area contributed by atoms with E-state index >= 15 is 0 Å². The van der Waals surface area contributed by atoms with E-state index in [9.17, 15) is 0 Å². The molecule has 0 aliphatic rings. The van der Waals surface area contributed by atoms with Crippen LogP contribution < -0.4 is 10.5 Å². The Hall–Kier alpha value is -2.17. The van der Waals surface area contributed by atoms with Crippen molar-refractivity contribution in [2.24, 2.45) is 5.73 Å². The minimum Gasteiger partial charge on any atom is -0.438 e. The molecule has 0 saturated carbocycles. The van der Waals surface area contributed by atoms with Gasteiger partial charge in [0, 0.05) is 33.6 Å². The number of hydrogen-bond acceptors (Lipinski definition) is 3. The average Bonchev–Trinajstić information content (AvgIpc) is 2.51. The van der Waals surface area contributed by atoms with Gasteiger partial charge in [0.1, 0.15) is 10.7 Å². The van der Waals surface area contributed by atoms with Crippen LogP contribution in [0.4, 0.5) is 0 Å². The third-order valence-corrected chi connectivity index (χ3v) is 3.63. The summed E-state index contributed by atoms with van der Waals surface area (Å²) in [6.07, 6.45) is 1.59. The van der Waals surface area contributed by atoms with Crippen molar-refractivity contribution < 1.29 is 4.74 Å². The lowest BCUT2D eigenvalue weighted by molar-refractivity contribution is 0.468. The summed E-state index contributed by atoms with van der Waals surface area (Å²) in [6, 6.07) is 14.9. The number of nitrogens with zero attached hydrogens (tertiary/aromatic N) is 1. The van der Waals surface area contributed by atoms with Crippen LogP contribution in [0.3, 0.4) is 0 Å². The van der Waals surface area contributed by atoms with Gasteiger partial charge in [-0.25, -0.2) is 4.98 Å². The second-order valence-electron chi connectivity index (χ2n) is 4.44. The van der Waals surface area contributed by atoms with E-state index in [1.54, 1.807) is 18.3 Å². The van der Waals surface area contributed by atoms with Crippen molar-refractivity contribution >= 4 is 39.6 Å². The standard InChI is InChI=1S/C16H11ClN2OS/c17-13-6-7-14(12-4-2-1-3-11(12)13)20-15-8-5-10(9-19-15)16(18)21/h1-9H,(H2,18,21). The van der Waals surface area contributed by atoms with Crippen LogP contribution in [0.15, 0.2) is 54.7 Å². The van der Waals surface area contributed by atoms with Gasteiger partial charge in [-0.15, -0.1) is 0 Å². The summed E-state index contributed by atoms with van der Waals surface area (Å²) < 4.78 is 5.83. The fourth-order valence-corrected chi connectivity index (χ4v) is 2.37. The van der Waals surface area contributed by atoms with Gasteiger partial charge in [-0.3, -0.25) is 0 Å². The van der Waals surface area contributed by atoms with E-state index in [0.717, 1.165) is 10.8 Å². The van der Waals surface area contributed by atoms with Gasteiger partial charge in [0.25, 0.3) is 0 Å². The van der Waals surface area contributed by atoms with Crippen molar-refractivity contribution in [3.8, 4) is 11.6 Å². The zero-order chi connectivity index (χ0) is 14.8. The smallest absolute Gasteiger partial charge is 0.219 e. The summed E-state index contributed by atoms with van der Waals surface area (Å²) in [6.45, 7) is 0. The molecule has 3 rings (SSSR count). The number of hydrogen-bond donors (Lipinski definition) is 1. The first-order chi connectivity index (χ1) is 10.1. The lowest BCUT2D eigenvalue weighted by Gasteiger charge is -2.09. The van der Waals surface area contributed by atoms with Crippen molar-refractivity contribution in [1.29, 1.82) is 0 Å². The minimum atomic E-state index is 0.311. The molecule has 3 nitrogen and oxygen atoms in total. The number of rotatable bonds is 3. The lowest BCUT2D eigenvalue weighted by Crippen LogP contribution is -2.09. The molecule has 0 aliphatic heterocycles. The highest BCUT2D eigenvalue weighted by Crippen LogP contribution is 2.33. The lowest BCUT2D eigenvalue weighted by atomic mass is 10.1. The van der Waals surface area contributed by atoms with Crippen LogP contribution in [0.2, 0.25) is 5.02 Å². The van der Waals surface area contributed by atoms with Crippen molar-refractivity contribution in [2.45, 2.75) is 0 Å². The van der Waals surface area contributed by atoms with Crippen molar-refractivity contribution in [2.75, 3.05) is 0 Å². The summed E-state index contributed by atoms with van der Waals surface area (Å²) in [5, 5.41) is 2.57. The first-order valence-electron chi connectivity index (χ1n) is 6.26. The Morgan fingerprint density at radius 3 is 2.48 bits per heavy atom. The third-order valence-electron chi connectivity index (χ3n) is 3.07. The summed E-state index contributed by atoms with van der Waals surface area (Å²) in [4.78, 5) is 4.51. The SMILES string of the molecule is NC(=S)c1ccc(Oc2ccc(Cl)c3ccccc23)nc1. The van der Waals surface area contributed by atoms with Crippen molar-refractivity contribution in [3.63, 3.8) is 0 Å². The molecule has 1 aromatic heterocycles. The van der Waals surface area contributed by atoms with Crippen LogP contribution >= 0.6 is 23.8 Å². The van der Waals surface area contributed by atoms with Gasteiger partial charge in [0.05, 0.1) is 0 Å². The molecule has 104 valence electrons. The highest BCUT2D eigenvalue weighted by Gasteiger charge is 2.07. The van der Waals surface area contributed by atoms with Crippen molar-refractivity contribution in [1.82, 2.24) is 4.98 Å². The van der Waals surface area contributed by atoms with Gasteiger partial charge >= 0.3 is 0 Å². The Kier molecular flexibility index (Phi) is 3.73. The van der Waals surface area contributed by atoms with Gasteiger partial charge in [-0.05, 0) is 18.2 Å². The number of fused-ring (bicyclic) bond motifs is 1. The van der Waals surface area contributed by atoms with Crippen LogP contribution in [-0.2, 0) is 0 Å². The number of aromatic nitrogens is 1. The van der Waals surface area contributed by atoms with E-state index in [1.165, 1.54) is 0 Å². The highest BCUT2D eigenvalue weighted by atomic mass is 35.5. The van der Waals surface area contributed by atoms with Crippen LogP contribution in [0.25, 0.3) is 10.8 Å². The first-order valence-corrected chi connectivity index (χ1v) is 7.05. The molecule has 0 fully saturated rings. The highest BCUT2D eigenvalue weighted by molar-refractivity contribution is 7.80. The maximum atomic E-state index is 6.19. The topological polar surface area (TPSA) is 48.1 Å². The van der Waals surface area contributed by atoms with Crippen molar-refractivity contribution in [3.05, 3.63) is 65.3 Å². The Labute approximate surface area is 132 Å². The third kappa shape index (κ3) is 2.82. The maximum absolute atomic E-state index is 6.19. The molecule has 1 heterocycles. The number of pyridine rings is 1. The molecule has 0 radical (unpaired) electrons. The molecular weight excluding hydrogens is 304 g/mol. The Balaban J connectivity index is 1.98. The molecule has 3 aromatic rings. The quantitative estimate of drug-likeness (QED) is 0.732. The molecule has 0 unspecified atom stereocenters. The van der Waals surface area contributed by atoms with Crippen LogP contribution in [0.1, 0.15) is 5.56 Å². The fourth-order valence-electron chi connectivity index (χ4n) is 2.02. The number of thiocarbonyl (C=S) groups is 1. The molecule has 21 heavy (non-hydrogen) atoms. The Morgan fingerprint density at radius 1 is 1.05 bits per heavy atom. The zero-order valence-corrected chi connectivity index (χ0v) is 12.5. The number of ether oxygens (including phenoxy) is 1. The predicted molar refractivity (Wildman–Crippen MR) is 89.2 cm³/mol. The molecule has 0 bridgehead atoms. The largest absolute Gasteiger partial charge is 0.438 e. The average molecular weight is 315 g/mol. The molecular formula is C16H11ClN2OS. The van der Waals surface area contributed by atoms with Crippen LogP contribution in [0.5, 0.6) is 11.6 Å². The number of nitrogens with two attached hydrogens (primary N) is 1. The van der Waals surface area contributed by atoms with Gasteiger partial charge in [-0.1, -0.05) is 48.1 Å². The molecule has 0 aliphatic carbocycles. The number of halogens is 1. The van der Waals surface area contributed by atoms with Gasteiger partial charge in [0.15, 0.2) is 0 Å². The van der Waals surface area contributed by atoms with E-state index in [2.05, 4.69) is 4.98 Å². The maximum Gasteiger partial charge on any atom is 0.219 e. The Morgan fingerprint density at radius 2 is 1.81 bits per heavy atom. The molecule has 5 heteroatoms. The predicted octanol–water partition coefficient (Wildman–Crippen LogP) is 4.31. The normalized spacial score (nSPS) is 10.5. The summed E-state index contributed by atoms with van der Waals surface area (Å²) >= 11 is 11.1. The molecule has 2 aromatic carbocycles. The molecule has 0 saturated heterocycles. The second-order valence-corrected chi connectivity index (χ2v) is 5.29. The zero-order valence-electron chi connectivity index (χ0n) is 10.9. The van der Waals surface area contributed by atoms with E-state index in [1.807, 2.05) is 36.4 Å².